The topological polar surface area (TPSA) is 9.23 Å². The molecule has 106 valence electrons. The van der Waals surface area contributed by atoms with Crippen molar-refractivity contribution in [3.8, 4) is 5.75 Å². The third-order valence-corrected chi connectivity index (χ3v) is 5.95. The molecule has 0 radical (unpaired) electrons. The number of benzene rings is 1. The Morgan fingerprint density at radius 1 is 1.00 bits per heavy atom. The molecule has 0 aliphatic rings. The van der Waals surface area contributed by atoms with Gasteiger partial charge in [0.15, 0.2) is 0 Å². The normalized spacial score (nSPS) is 11.6. The van der Waals surface area contributed by atoms with E-state index in [-0.39, 0.29) is 5.49 Å². The predicted molar refractivity (Wildman–Crippen MR) is 72.3 cm³/mol. The Hall–Kier alpha value is -0.110. The van der Waals surface area contributed by atoms with Crippen molar-refractivity contribution >= 4 is 43.1 Å². The lowest BCUT2D eigenvalue weighted by Gasteiger charge is -2.03. The summed E-state index contributed by atoms with van der Waals surface area (Å²) in [4.78, 5) is 0. The Morgan fingerprint density at radius 3 is 1.95 bits per heavy atom. The highest BCUT2D eigenvalue weighted by atomic mass is 32.4. The van der Waals surface area contributed by atoms with Crippen LogP contribution in [-0.2, 0) is 11.8 Å². The summed E-state index contributed by atoms with van der Waals surface area (Å²) in [5.41, 5.74) is 0.227. The highest BCUT2D eigenvalue weighted by Crippen LogP contribution is 2.37. The van der Waals surface area contributed by atoms with Crippen molar-refractivity contribution in [3.05, 3.63) is 29.1 Å². The average Bonchev–Trinajstić information content (AvgIpc) is 2.39. The van der Waals surface area contributed by atoms with E-state index < -0.39 is 41.8 Å². The molecule has 0 aromatic heterocycles. The fourth-order valence-electron chi connectivity index (χ4n) is 0.997. The van der Waals surface area contributed by atoms with E-state index in [1.165, 1.54) is 11.8 Å². The van der Waals surface area contributed by atoms with Crippen molar-refractivity contribution < 1.29 is 26.5 Å². The summed E-state index contributed by atoms with van der Waals surface area (Å²) in [6.45, 7) is -1.76. The van der Waals surface area contributed by atoms with Crippen LogP contribution in [0.2, 0.25) is 0 Å². The molecule has 1 nitrogen and oxygen atoms in total. The van der Waals surface area contributed by atoms with Crippen LogP contribution in [0.1, 0.15) is 0 Å². The molecule has 1 aromatic rings. The van der Waals surface area contributed by atoms with Gasteiger partial charge in [-0.05, 0) is 5.75 Å². The van der Waals surface area contributed by atoms with Gasteiger partial charge in [0.25, 0.3) is 5.75 Å². The predicted octanol–water partition coefficient (Wildman–Crippen LogP) is 4.24. The van der Waals surface area contributed by atoms with Crippen LogP contribution in [0.25, 0.3) is 0 Å². The molecule has 0 aliphatic carbocycles. The number of hydrogen-bond acceptors (Lipinski definition) is 4. The fraction of sp³-hybridized carbons (Fsp3) is 0.333. The summed E-state index contributed by atoms with van der Waals surface area (Å²) >= 11 is 10.1. The van der Waals surface area contributed by atoms with Gasteiger partial charge in [-0.1, -0.05) is 0 Å². The Kier molecular flexibility index (Phi) is 6.79. The molecular formula is C9H7F5OPS3+. The first-order valence-corrected chi connectivity index (χ1v) is 8.97. The first-order valence-electron chi connectivity index (χ1n) is 4.72. The molecule has 1 atom stereocenters. The van der Waals surface area contributed by atoms with Crippen molar-refractivity contribution in [2.75, 3.05) is 17.0 Å². The second-order valence-corrected chi connectivity index (χ2v) is 7.45. The number of rotatable bonds is 6. The molecule has 1 aromatic carbocycles. The summed E-state index contributed by atoms with van der Waals surface area (Å²) in [6.07, 6.45) is 0. The molecule has 0 heterocycles. The van der Waals surface area contributed by atoms with Gasteiger partial charge in [-0.2, -0.15) is 21.4 Å². The van der Waals surface area contributed by atoms with E-state index in [1.54, 1.807) is 0 Å². The van der Waals surface area contributed by atoms with Gasteiger partial charge < -0.3 is 0 Å². The Balaban J connectivity index is 2.93. The zero-order valence-electron chi connectivity index (χ0n) is 9.13. The summed E-state index contributed by atoms with van der Waals surface area (Å²) in [6, 6.07) is 0. The van der Waals surface area contributed by atoms with Crippen LogP contribution in [0.5, 0.6) is 5.75 Å². The van der Waals surface area contributed by atoms with Crippen LogP contribution < -0.4 is 4.52 Å². The smallest absolute Gasteiger partial charge is 0.270 e. The molecule has 0 N–H and O–H groups in total. The Bertz CT molecular complexity index is 470. The van der Waals surface area contributed by atoms with Crippen molar-refractivity contribution in [3.63, 3.8) is 0 Å². The van der Waals surface area contributed by atoms with Gasteiger partial charge >= 0.3 is 6.92 Å². The largest absolute Gasteiger partial charge is 0.398 e. The molecule has 0 saturated carbocycles. The molecule has 10 heteroatoms. The first kappa shape index (κ1) is 16.9. The second kappa shape index (κ2) is 7.61. The summed E-state index contributed by atoms with van der Waals surface area (Å²) < 4.78 is 69.7. The van der Waals surface area contributed by atoms with Gasteiger partial charge in [0, 0.05) is 5.75 Å². The van der Waals surface area contributed by atoms with E-state index in [4.69, 9.17) is 11.8 Å². The van der Waals surface area contributed by atoms with Gasteiger partial charge in [0.2, 0.25) is 46.4 Å². The molecule has 0 fully saturated rings. The monoisotopic (exact) mass is 353 g/mol. The summed E-state index contributed by atoms with van der Waals surface area (Å²) in [5.74, 6) is -10.4. The van der Waals surface area contributed by atoms with Crippen LogP contribution in [-0.4, -0.2) is 17.0 Å². The second-order valence-electron chi connectivity index (χ2n) is 3.08. The average molecular weight is 353 g/mol. The van der Waals surface area contributed by atoms with Crippen LogP contribution >= 0.6 is 31.3 Å². The van der Waals surface area contributed by atoms with E-state index in [0.717, 1.165) is 0 Å². The number of hydrogen-bond donors (Lipinski definition) is 1. The van der Waals surface area contributed by atoms with Gasteiger partial charge in [-0.15, -0.1) is 11.8 Å². The van der Waals surface area contributed by atoms with Crippen molar-refractivity contribution in [2.24, 2.45) is 0 Å². The minimum atomic E-state index is -2.22. The SMILES string of the molecule is Fc1c(F)c(F)c(O[P+](=S)CSCCS)c(F)c1F. The highest BCUT2D eigenvalue weighted by Gasteiger charge is 2.31. The lowest BCUT2D eigenvalue weighted by atomic mass is 10.3. The lowest BCUT2D eigenvalue weighted by molar-refractivity contribution is 0.354. The van der Waals surface area contributed by atoms with Crippen LogP contribution in [0, 0.1) is 29.1 Å². The maximum absolute atomic E-state index is 13.3. The van der Waals surface area contributed by atoms with E-state index in [1.807, 2.05) is 0 Å². The highest BCUT2D eigenvalue weighted by molar-refractivity contribution is 8.13. The Labute approximate surface area is 121 Å². The van der Waals surface area contributed by atoms with Gasteiger partial charge in [0.1, 0.15) is 0 Å². The van der Waals surface area contributed by atoms with Gasteiger partial charge in [-0.3, -0.25) is 4.52 Å². The summed E-state index contributed by atoms with van der Waals surface area (Å²) in [5, 5.41) is 0. The molecule has 0 amide bonds. The zero-order valence-corrected chi connectivity index (χ0v) is 12.6. The maximum atomic E-state index is 13.3. The first-order chi connectivity index (χ1) is 8.90. The van der Waals surface area contributed by atoms with Gasteiger partial charge in [-0.25, -0.2) is 13.2 Å². The molecule has 0 bridgehead atoms. The van der Waals surface area contributed by atoms with Crippen molar-refractivity contribution in [1.82, 2.24) is 0 Å². The number of halogens is 5. The minimum absolute atomic E-state index is 0.227. The number of thiol groups is 1. The fourth-order valence-corrected chi connectivity index (χ4v) is 4.09. The van der Waals surface area contributed by atoms with Crippen LogP contribution in [0.4, 0.5) is 22.0 Å². The van der Waals surface area contributed by atoms with Crippen LogP contribution in [0.3, 0.4) is 0 Å². The molecule has 0 saturated heterocycles. The standard InChI is InChI=1S/C9H6F5OPS3/c10-4-5(11)7(13)9(8(14)6(4)12)15-16(18)3-19-2-1-17/h1-3H2/p+1. The van der Waals surface area contributed by atoms with Gasteiger partial charge in [0.05, 0.1) is 0 Å². The summed E-state index contributed by atoms with van der Waals surface area (Å²) in [7, 11) is 0. The van der Waals surface area contributed by atoms with Crippen molar-refractivity contribution in [1.29, 1.82) is 0 Å². The molecular weight excluding hydrogens is 346 g/mol. The van der Waals surface area contributed by atoms with Crippen molar-refractivity contribution in [2.45, 2.75) is 0 Å². The molecule has 0 aliphatic heterocycles. The van der Waals surface area contributed by atoms with E-state index in [0.29, 0.717) is 11.5 Å². The van der Waals surface area contributed by atoms with E-state index in [9.17, 15) is 22.0 Å². The third-order valence-electron chi connectivity index (χ3n) is 1.79. The minimum Gasteiger partial charge on any atom is -0.270 e. The molecule has 19 heavy (non-hydrogen) atoms. The quantitative estimate of drug-likeness (QED) is 0.205. The third kappa shape index (κ3) is 4.18. The molecule has 1 unspecified atom stereocenters. The molecule has 0 spiro atoms. The van der Waals surface area contributed by atoms with E-state index >= 15 is 0 Å². The maximum Gasteiger partial charge on any atom is 0.398 e. The van der Waals surface area contributed by atoms with E-state index in [2.05, 4.69) is 17.2 Å². The van der Waals surface area contributed by atoms with Crippen LogP contribution in [0.15, 0.2) is 0 Å². The lowest BCUT2D eigenvalue weighted by Crippen LogP contribution is -2.03. The zero-order chi connectivity index (χ0) is 14.6. The molecule has 1 rings (SSSR count). The number of thioether (sulfide) groups is 1. The Morgan fingerprint density at radius 2 is 1.47 bits per heavy atom.